The second-order valence-electron chi connectivity index (χ2n) is 8.67. The van der Waals surface area contributed by atoms with Crippen molar-refractivity contribution in [1.82, 2.24) is 5.32 Å². The molecule has 0 bridgehead atoms. The van der Waals surface area contributed by atoms with Gasteiger partial charge in [-0.15, -0.1) is 0 Å². The molecular weight excluding hydrogens is 446 g/mol. The Morgan fingerprint density at radius 3 is 2.40 bits per heavy atom. The smallest absolute Gasteiger partial charge is 0.333 e. The highest BCUT2D eigenvalue weighted by Crippen LogP contribution is 2.26. The van der Waals surface area contributed by atoms with Crippen molar-refractivity contribution >= 4 is 17.4 Å². The number of hydrogen-bond acceptors (Lipinski definition) is 5. The highest BCUT2D eigenvalue weighted by Gasteiger charge is 2.22. The average molecular weight is 480 g/mol. The van der Waals surface area contributed by atoms with E-state index in [1.807, 2.05) is 48.6 Å². The maximum atomic E-state index is 12.8. The van der Waals surface area contributed by atoms with Gasteiger partial charge in [-0.3, -0.25) is 4.79 Å². The van der Waals surface area contributed by atoms with Crippen LogP contribution < -0.4 is 14.8 Å². The van der Waals surface area contributed by atoms with Crippen molar-refractivity contribution in [2.75, 3.05) is 14.2 Å². The van der Waals surface area contributed by atoms with Crippen molar-refractivity contribution in [2.24, 2.45) is 5.92 Å². The highest BCUT2D eigenvalue weighted by molar-refractivity contribution is 5.84. The zero-order valence-corrected chi connectivity index (χ0v) is 20.6. The number of carboxylic acid groups (broad SMARTS) is 1. The normalized spacial score (nSPS) is 15.9. The Hall–Kier alpha value is -3.58. The molecule has 186 valence electrons. The molecule has 2 N–H and O–H groups in total. The van der Waals surface area contributed by atoms with Crippen LogP contribution in [0.15, 0.2) is 60.7 Å². The van der Waals surface area contributed by atoms with Crippen LogP contribution in [0.4, 0.5) is 0 Å². The molecular formula is C28H33NO6. The lowest BCUT2D eigenvalue weighted by atomic mass is 9.92. The Morgan fingerprint density at radius 2 is 1.83 bits per heavy atom. The van der Waals surface area contributed by atoms with Crippen LogP contribution in [0, 0.1) is 5.92 Å². The minimum Gasteiger partial charge on any atom is -0.497 e. The third-order valence-electron chi connectivity index (χ3n) is 5.79. The van der Waals surface area contributed by atoms with E-state index in [0.717, 1.165) is 28.0 Å². The quantitative estimate of drug-likeness (QED) is 0.496. The van der Waals surface area contributed by atoms with Gasteiger partial charge in [0.1, 0.15) is 11.5 Å². The summed E-state index contributed by atoms with van der Waals surface area (Å²) < 4.78 is 16.2. The van der Waals surface area contributed by atoms with Crippen molar-refractivity contribution < 1.29 is 28.9 Å². The SMILES string of the molecule is COc1ccc(C2=CCC(C(=O)NCc3cc(CC(OC(C)C)C(=O)O)ccc3OC)C=C2)cc1. The van der Waals surface area contributed by atoms with Gasteiger partial charge in [-0.25, -0.2) is 4.79 Å². The molecule has 3 rings (SSSR count). The number of benzene rings is 2. The summed E-state index contributed by atoms with van der Waals surface area (Å²) in [7, 11) is 3.20. The van der Waals surface area contributed by atoms with Gasteiger partial charge in [-0.05, 0) is 55.2 Å². The third-order valence-corrected chi connectivity index (χ3v) is 5.79. The molecule has 0 radical (unpaired) electrons. The molecule has 0 aliphatic heterocycles. The van der Waals surface area contributed by atoms with Gasteiger partial charge >= 0.3 is 5.97 Å². The molecule has 7 heteroatoms. The predicted molar refractivity (Wildman–Crippen MR) is 134 cm³/mol. The average Bonchev–Trinajstić information content (AvgIpc) is 2.86. The van der Waals surface area contributed by atoms with Crippen LogP contribution in [0.1, 0.15) is 37.0 Å². The van der Waals surface area contributed by atoms with E-state index in [1.54, 1.807) is 34.1 Å². The minimum absolute atomic E-state index is 0.0784. The van der Waals surface area contributed by atoms with E-state index in [4.69, 9.17) is 14.2 Å². The molecule has 0 aromatic heterocycles. The maximum absolute atomic E-state index is 12.8. The van der Waals surface area contributed by atoms with E-state index in [0.29, 0.717) is 12.2 Å². The summed E-state index contributed by atoms with van der Waals surface area (Å²) in [6.07, 6.45) is 5.64. The number of ether oxygens (including phenoxy) is 3. The molecule has 1 amide bonds. The Balaban J connectivity index is 1.61. The number of carbonyl (C=O) groups excluding carboxylic acids is 1. The van der Waals surface area contributed by atoms with E-state index in [2.05, 4.69) is 11.4 Å². The molecule has 2 aromatic carbocycles. The summed E-state index contributed by atoms with van der Waals surface area (Å²) in [5.41, 5.74) is 3.72. The van der Waals surface area contributed by atoms with Crippen molar-refractivity contribution in [3.8, 4) is 11.5 Å². The van der Waals surface area contributed by atoms with Crippen LogP contribution in [0.25, 0.3) is 5.57 Å². The Morgan fingerprint density at radius 1 is 1.09 bits per heavy atom. The molecule has 2 aromatic rings. The number of methoxy groups -OCH3 is 2. The third kappa shape index (κ3) is 7.20. The van der Waals surface area contributed by atoms with Crippen LogP contribution in [0.5, 0.6) is 11.5 Å². The zero-order valence-electron chi connectivity index (χ0n) is 20.6. The lowest BCUT2D eigenvalue weighted by molar-refractivity contribution is -0.153. The number of amides is 1. The van der Waals surface area contributed by atoms with Gasteiger partial charge in [-0.1, -0.05) is 42.5 Å². The molecule has 1 aliphatic carbocycles. The highest BCUT2D eigenvalue weighted by atomic mass is 16.5. The molecule has 0 fully saturated rings. The number of aliphatic carboxylic acids is 1. The van der Waals surface area contributed by atoms with E-state index < -0.39 is 12.1 Å². The van der Waals surface area contributed by atoms with Crippen molar-refractivity contribution in [3.63, 3.8) is 0 Å². The first-order valence-electron chi connectivity index (χ1n) is 11.6. The van der Waals surface area contributed by atoms with Crippen LogP contribution in [0.3, 0.4) is 0 Å². The first-order valence-corrected chi connectivity index (χ1v) is 11.6. The number of allylic oxidation sites excluding steroid dienone is 3. The Bertz CT molecular complexity index is 1090. The monoisotopic (exact) mass is 479 g/mol. The van der Waals surface area contributed by atoms with E-state index >= 15 is 0 Å². The number of carbonyl (C=O) groups is 2. The van der Waals surface area contributed by atoms with Gasteiger partial charge in [0.2, 0.25) is 5.91 Å². The summed E-state index contributed by atoms with van der Waals surface area (Å²) >= 11 is 0. The van der Waals surface area contributed by atoms with Gasteiger partial charge < -0.3 is 24.6 Å². The van der Waals surface area contributed by atoms with E-state index in [-0.39, 0.29) is 30.9 Å². The van der Waals surface area contributed by atoms with Gasteiger partial charge in [0.05, 0.1) is 26.2 Å². The maximum Gasteiger partial charge on any atom is 0.333 e. The van der Waals surface area contributed by atoms with Crippen LogP contribution in [-0.4, -0.2) is 43.4 Å². The fourth-order valence-corrected chi connectivity index (χ4v) is 3.96. The molecule has 2 unspecified atom stereocenters. The van der Waals surface area contributed by atoms with Gasteiger partial charge in [0, 0.05) is 18.5 Å². The van der Waals surface area contributed by atoms with E-state index in [1.165, 1.54) is 0 Å². The topological polar surface area (TPSA) is 94.1 Å². The standard InChI is InChI=1S/C28H33NO6/c1-18(2)35-26(28(31)32)16-19-5-14-25(34-4)23(15-19)17-29-27(30)22-8-6-20(7-9-22)21-10-12-24(33-3)13-11-21/h5-8,10-15,18,22,26H,9,16-17H2,1-4H3,(H,29,30)(H,31,32). The summed E-state index contributed by atoms with van der Waals surface area (Å²) in [5.74, 6) is 0.0891. The first-order chi connectivity index (χ1) is 16.8. The molecule has 0 saturated carbocycles. The number of rotatable bonds is 11. The second-order valence-corrected chi connectivity index (χ2v) is 8.67. The molecule has 1 aliphatic rings. The van der Waals surface area contributed by atoms with E-state index in [9.17, 15) is 14.7 Å². The largest absolute Gasteiger partial charge is 0.497 e. The lowest BCUT2D eigenvalue weighted by Crippen LogP contribution is -2.30. The van der Waals surface area contributed by atoms with Gasteiger partial charge in [0.15, 0.2) is 6.10 Å². The molecule has 35 heavy (non-hydrogen) atoms. The first kappa shape index (κ1) is 26.0. The number of hydrogen-bond donors (Lipinski definition) is 2. The summed E-state index contributed by atoms with van der Waals surface area (Å²) in [5, 5.41) is 12.5. The Labute approximate surface area is 206 Å². The molecule has 0 spiro atoms. The van der Waals surface area contributed by atoms with Crippen molar-refractivity contribution in [1.29, 1.82) is 0 Å². The zero-order chi connectivity index (χ0) is 25.4. The fourth-order valence-electron chi connectivity index (χ4n) is 3.96. The number of nitrogens with one attached hydrogen (secondary N) is 1. The molecule has 7 nitrogen and oxygen atoms in total. The second kappa shape index (κ2) is 12.2. The molecule has 0 saturated heterocycles. The predicted octanol–water partition coefficient (Wildman–Crippen LogP) is 4.40. The minimum atomic E-state index is -1.00. The van der Waals surface area contributed by atoms with Crippen LogP contribution in [0.2, 0.25) is 0 Å². The molecule has 0 heterocycles. The summed E-state index contributed by atoms with van der Waals surface area (Å²) in [6.45, 7) is 3.89. The summed E-state index contributed by atoms with van der Waals surface area (Å²) in [6, 6.07) is 13.3. The number of carboxylic acids is 1. The fraction of sp³-hybridized carbons (Fsp3) is 0.357. The van der Waals surface area contributed by atoms with Crippen molar-refractivity contribution in [3.05, 3.63) is 77.4 Å². The Kier molecular flexibility index (Phi) is 9.09. The van der Waals surface area contributed by atoms with Crippen LogP contribution in [-0.2, 0) is 27.3 Å². The molecule has 2 atom stereocenters. The lowest BCUT2D eigenvalue weighted by Gasteiger charge is -2.19. The van der Waals surface area contributed by atoms with Gasteiger partial charge in [-0.2, -0.15) is 0 Å². The summed E-state index contributed by atoms with van der Waals surface area (Å²) in [4.78, 5) is 24.4. The van der Waals surface area contributed by atoms with Gasteiger partial charge in [0.25, 0.3) is 0 Å². The van der Waals surface area contributed by atoms with Crippen LogP contribution >= 0.6 is 0 Å². The van der Waals surface area contributed by atoms with Crippen molar-refractivity contribution in [2.45, 2.75) is 45.4 Å².